The van der Waals surface area contributed by atoms with Gasteiger partial charge < -0.3 is 5.32 Å². The fourth-order valence-electron chi connectivity index (χ4n) is 1.19. The van der Waals surface area contributed by atoms with E-state index in [9.17, 15) is 4.79 Å². The number of hydrogen-bond acceptors (Lipinski definition) is 2. The number of amides is 1. The second-order valence-electron chi connectivity index (χ2n) is 4.43. The molecule has 1 amide bonds. The first-order valence-corrected chi connectivity index (χ1v) is 5.17. The normalized spacial score (nSPS) is 11.2. The third-order valence-electron chi connectivity index (χ3n) is 1.70. The Labute approximate surface area is 94.9 Å². The van der Waals surface area contributed by atoms with Crippen LogP contribution < -0.4 is 5.32 Å². The average Bonchev–Trinajstić information content (AvgIpc) is 2.05. The molecule has 1 heterocycles. The largest absolute Gasteiger partial charge is 0.351 e. The quantitative estimate of drug-likeness (QED) is 0.786. The Morgan fingerprint density at radius 3 is 2.73 bits per heavy atom. The smallest absolute Gasteiger partial charge is 0.224 e. The molecule has 0 atom stereocenters. The summed E-state index contributed by atoms with van der Waals surface area (Å²) < 4.78 is 0. The Morgan fingerprint density at radius 1 is 1.53 bits per heavy atom. The van der Waals surface area contributed by atoms with Crippen LogP contribution in [0.15, 0.2) is 18.3 Å². The molecule has 0 aliphatic rings. The topological polar surface area (TPSA) is 42.0 Å². The van der Waals surface area contributed by atoms with Crippen molar-refractivity contribution in [1.82, 2.24) is 10.3 Å². The van der Waals surface area contributed by atoms with Gasteiger partial charge in [-0.25, -0.2) is 4.98 Å². The van der Waals surface area contributed by atoms with E-state index in [0.29, 0.717) is 5.15 Å². The van der Waals surface area contributed by atoms with Crippen molar-refractivity contribution in [1.29, 1.82) is 0 Å². The molecule has 0 spiro atoms. The number of nitrogens with zero attached hydrogens (tertiary/aromatic N) is 1. The van der Waals surface area contributed by atoms with E-state index in [1.54, 1.807) is 18.3 Å². The first-order chi connectivity index (χ1) is 6.88. The number of aromatic nitrogens is 1. The first-order valence-electron chi connectivity index (χ1n) is 4.79. The maximum atomic E-state index is 11.6. The van der Waals surface area contributed by atoms with Crippen LogP contribution in [0, 0.1) is 0 Å². The molecule has 0 saturated carbocycles. The SMILES string of the molecule is CC(C)(C)NC(=O)Cc1cccnc1Cl. The van der Waals surface area contributed by atoms with Gasteiger partial charge >= 0.3 is 0 Å². The van der Waals surface area contributed by atoms with E-state index in [2.05, 4.69) is 10.3 Å². The monoisotopic (exact) mass is 226 g/mol. The molecule has 0 aromatic carbocycles. The fraction of sp³-hybridized carbons (Fsp3) is 0.455. The summed E-state index contributed by atoms with van der Waals surface area (Å²) in [7, 11) is 0. The zero-order chi connectivity index (χ0) is 11.5. The minimum absolute atomic E-state index is 0.0441. The molecular formula is C11H15ClN2O. The third kappa shape index (κ3) is 4.30. The standard InChI is InChI=1S/C11H15ClN2O/c1-11(2,3)14-9(15)7-8-5-4-6-13-10(8)12/h4-6H,7H2,1-3H3,(H,14,15). The molecule has 4 heteroatoms. The van der Waals surface area contributed by atoms with Crippen LogP contribution in [0.3, 0.4) is 0 Å². The van der Waals surface area contributed by atoms with Gasteiger partial charge in [0.2, 0.25) is 5.91 Å². The minimum atomic E-state index is -0.216. The van der Waals surface area contributed by atoms with E-state index in [1.807, 2.05) is 20.8 Å². The lowest BCUT2D eigenvalue weighted by molar-refractivity contribution is -0.121. The number of carbonyl (C=O) groups excluding carboxylic acids is 1. The molecule has 0 radical (unpaired) electrons. The van der Waals surface area contributed by atoms with Crippen molar-refractivity contribution >= 4 is 17.5 Å². The molecule has 1 aromatic rings. The zero-order valence-electron chi connectivity index (χ0n) is 9.17. The van der Waals surface area contributed by atoms with Crippen molar-refractivity contribution in [3.63, 3.8) is 0 Å². The summed E-state index contributed by atoms with van der Waals surface area (Å²) in [4.78, 5) is 15.5. The molecule has 1 aromatic heterocycles. The highest BCUT2D eigenvalue weighted by Crippen LogP contribution is 2.12. The van der Waals surface area contributed by atoms with Crippen molar-refractivity contribution in [3.05, 3.63) is 29.0 Å². The van der Waals surface area contributed by atoms with Crippen LogP contribution in [-0.4, -0.2) is 16.4 Å². The van der Waals surface area contributed by atoms with Gasteiger partial charge in [0.1, 0.15) is 5.15 Å². The summed E-state index contributed by atoms with van der Waals surface area (Å²) in [5.74, 6) is -0.0441. The van der Waals surface area contributed by atoms with E-state index < -0.39 is 0 Å². The highest BCUT2D eigenvalue weighted by atomic mass is 35.5. The second kappa shape index (κ2) is 4.62. The molecule has 0 unspecified atom stereocenters. The van der Waals surface area contributed by atoms with Gasteiger partial charge in [-0.3, -0.25) is 4.79 Å². The van der Waals surface area contributed by atoms with Gasteiger partial charge in [-0.15, -0.1) is 0 Å². The summed E-state index contributed by atoms with van der Waals surface area (Å²) in [6.45, 7) is 5.82. The number of nitrogens with one attached hydrogen (secondary N) is 1. The molecular weight excluding hydrogens is 212 g/mol. The molecule has 0 aliphatic carbocycles. The second-order valence-corrected chi connectivity index (χ2v) is 4.79. The Hall–Kier alpha value is -1.09. The van der Waals surface area contributed by atoms with Crippen molar-refractivity contribution in [2.75, 3.05) is 0 Å². The number of hydrogen-bond donors (Lipinski definition) is 1. The van der Waals surface area contributed by atoms with Gasteiger partial charge in [0.15, 0.2) is 0 Å². The van der Waals surface area contributed by atoms with Crippen LogP contribution in [0.4, 0.5) is 0 Å². The van der Waals surface area contributed by atoms with Crippen molar-refractivity contribution in [2.24, 2.45) is 0 Å². The lowest BCUT2D eigenvalue weighted by Gasteiger charge is -2.20. The first kappa shape index (κ1) is 12.0. The van der Waals surface area contributed by atoms with E-state index in [1.165, 1.54) is 0 Å². The van der Waals surface area contributed by atoms with Gasteiger partial charge in [0.05, 0.1) is 6.42 Å². The maximum Gasteiger partial charge on any atom is 0.224 e. The van der Waals surface area contributed by atoms with Crippen molar-refractivity contribution < 1.29 is 4.79 Å². The number of pyridine rings is 1. The zero-order valence-corrected chi connectivity index (χ0v) is 9.93. The molecule has 0 saturated heterocycles. The molecule has 0 fully saturated rings. The van der Waals surface area contributed by atoms with Gasteiger partial charge in [-0.1, -0.05) is 17.7 Å². The molecule has 15 heavy (non-hydrogen) atoms. The van der Waals surface area contributed by atoms with Crippen LogP contribution in [0.1, 0.15) is 26.3 Å². The van der Waals surface area contributed by atoms with Gasteiger partial charge in [0, 0.05) is 11.7 Å². The highest BCUT2D eigenvalue weighted by molar-refractivity contribution is 6.30. The van der Waals surface area contributed by atoms with Gasteiger partial charge in [-0.2, -0.15) is 0 Å². The van der Waals surface area contributed by atoms with Gasteiger partial charge in [0.25, 0.3) is 0 Å². The Kier molecular flexibility index (Phi) is 3.69. The third-order valence-corrected chi connectivity index (χ3v) is 2.04. The Bertz CT molecular complexity index is 358. The van der Waals surface area contributed by atoms with Crippen LogP contribution in [0.25, 0.3) is 0 Å². The van der Waals surface area contributed by atoms with Crippen LogP contribution >= 0.6 is 11.6 Å². The molecule has 3 nitrogen and oxygen atoms in total. The Morgan fingerprint density at radius 2 is 2.20 bits per heavy atom. The molecule has 82 valence electrons. The summed E-state index contributed by atoms with van der Waals surface area (Å²) in [6.07, 6.45) is 1.87. The summed E-state index contributed by atoms with van der Waals surface area (Å²) in [5.41, 5.74) is 0.534. The summed E-state index contributed by atoms with van der Waals surface area (Å²) in [5, 5.41) is 3.26. The predicted octanol–water partition coefficient (Wildman–Crippen LogP) is 2.19. The lowest BCUT2D eigenvalue weighted by Crippen LogP contribution is -2.41. The summed E-state index contributed by atoms with van der Waals surface area (Å²) >= 11 is 5.85. The highest BCUT2D eigenvalue weighted by Gasteiger charge is 2.14. The van der Waals surface area contributed by atoms with Crippen LogP contribution in [0.2, 0.25) is 5.15 Å². The minimum Gasteiger partial charge on any atom is -0.351 e. The van der Waals surface area contributed by atoms with Gasteiger partial charge in [-0.05, 0) is 32.4 Å². The van der Waals surface area contributed by atoms with E-state index in [-0.39, 0.29) is 17.9 Å². The van der Waals surface area contributed by atoms with Crippen LogP contribution in [0.5, 0.6) is 0 Å². The summed E-state index contributed by atoms with van der Waals surface area (Å²) in [6, 6.07) is 3.57. The number of carbonyl (C=O) groups is 1. The predicted molar refractivity (Wildman–Crippen MR) is 60.8 cm³/mol. The number of halogens is 1. The fourth-order valence-corrected chi connectivity index (χ4v) is 1.37. The molecule has 1 rings (SSSR count). The lowest BCUT2D eigenvalue weighted by atomic mass is 10.1. The van der Waals surface area contributed by atoms with Crippen molar-refractivity contribution in [2.45, 2.75) is 32.7 Å². The van der Waals surface area contributed by atoms with E-state index in [4.69, 9.17) is 11.6 Å². The molecule has 1 N–H and O–H groups in total. The van der Waals surface area contributed by atoms with E-state index >= 15 is 0 Å². The average molecular weight is 227 g/mol. The van der Waals surface area contributed by atoms with Crippen molar-refractivity contribution in [3.8, 4) is 0 Å². The number of rotatable bonds is 2. The van der Waals surface area contributed by atoms with E-state index in [0.717, 1.165) is 5.56 Å². The molecule has 0 bridgehead atoms. The van der Waals surface area contributed by atoms with Crippen LogP contribution in [-0.2, 0) is 11.2 Å². The molecule has 0 aliphatic heterocycles. The Balaban J connectivity index is 2.64. The maximum absolute atomic E-state index is 11.6.